The molecular formula is C68H128O17P2. The van der Waals surface area contributed by atoms with Crippen LogP contribution < -0.4 is 0 Å². The summed E-state index contributed by atoms with van der Waals surface area (Å²) in [5, 5.41) is 10.6. The highest BCUT2D eigenvalue weighted by Crippen LogP contribution is 2.45. The van der Waals surface area contributed by atoms with Gasteiger partial charge in [0.1, 0.15) is 19.3 Å². The van der Waals surface area contributed by atoms with E-state index in [1.165, 1.54) is 96.3 Å². The van der Waals surface area contributed by atoms with Crippen molar-refractivity contribution in [3.05, 3.63) is 24.3 Å². The van der Waals surface area contributed by atoms with E-state index in [1.54, 1.807) is 0 Å². The number of hydrogen-bond acceptors (Lipinski definition) is 15. The molecule has 512 valence electrons. The first-order chi connectivity index (χ1) is 41.8. The lowest BCUT2D eigenvalue weighted by Gasteiger charge is -2.21. The molecule has 0 aromatic rings. The van der Waals surface area contributed by atoms with Gasteiger partial charge in [-0.3, -0.25) is 37.3 Å². The normalized spacial score (nSPS) is 14.8. The molecular weight excluding hydrogens is 1150 g/mol. The first-order valence-electron chi connectivity index (χ1n) is 34.7. The summed E-state index contributed by atoms with van der Waals surface area (Å²) in [5.74, 6) is -0.00422. The van der Waals surface area contributed by atoms with Crippen LogP contribution in [0.4, 0.5) is 0 Å². The van der Waals surface area contributed by atoms with E-state index >= 15 is 0 Å². The molecule has 0 fully saturated rings. The summed E-state index contributed by atoms with van der Waals surface area (Å²) in [4.78, 5) is 72.4. The van der Waals surface area contributed by atoms with Crippen molar-refractivity contribution in [2.45, 2.75) is 330 Å². The Labute approximate surface area is 529 Å². The topological polar surface area (TPSA) is 237 Å². The molecule has 6 atom stereocenters. The molecule has 0 aliphatic carbocycles. The Balaban J connectivity index is 5.28. The Hall–Kier alpha value is -2.46. The molecule has 0 amide bonds. The lowest BCUT2D eigenvalue weighted by Crippen LogP contribution is -2.30. The molecule has 17 nitrogen and oxygen atoms in total. The van der Waals surface area contributed by atoms with Gasteiger partial charge in [-0.25, -0.2) is 9.13 Å². The summed E-state index contributed by atoms with van der Waals surface area (Å²) < 4.78 is 68.1. The third kappa shape index (κ3) is 60.9. The summed E-state index contributed by atoms with van der Waals surface area (Å²) in [7, 11) is -9.91. The Bertz CT molecular complexity index is 1810. The van der Waals surface area contributed by atoms with Gasteiger partial charge in [0.2, 0.25) is 0 Å². The molecule has 3 N–H and O–H groups in total. The van der Waals surface area contributed by atoms with Gasteiger partial charge in [0.05, 0.1) is 26.4 Å². The lowest BCUT2D eigenvalue weighted by molar-refractivity contribution is -0.161. The highest BCUT2D eigenvalue weighted by atomic mass is 31.2. The number of carbonyl (C=O) groups is 4. The van der Waals surface area contributed by atoms with Crippen LogP contribution in [0.3, 0.4) is 0 Å². The predicted octanol–water partition coefficient (Wildman–Crippen LogP) is 18.6. The van der Waals surface area contributed by atoms with E-state index in [4.69, 9.17) is 37.0 Å². The molecule has 0 saturated heterocycles. The van der Waals surface area contributed by atoms with Crippen LogP contribution in [0.1, 0.15) is 312 Å². The molecule has 0 aliphatic heterocycles. The predicted molar refractivity (Wildman–Crippen MR) is 349 cm³/mol. The number of phosphoric acid groups is 2. The molecule has 0 aromatic heterocycles. The van der Waals surface area contributed by atoms with Gasteiger partial charge < -0.3 is 33.8 Å². The highest BCUT2D eigenvalue weighted by molar-refractivity contribution is 7.47. The van der Waals surface area contributed by atoms with Gasteiger partial charge >= 0.3 is 39.5 Å². The minimum absolute atomic E-state index is 0.0974. The number of rotatable bonds is 64. The third-order valence-electron chi connectivity index (χ3n) is 15.4. The van der Waals surface area contributed by atoms with Crippen molar-refractivity contribution in [3.8, 4) is 0 Å². The maximum atomic E-state index is 13.0. The summed E-state index contributed by atoms with van der Waals surface area (Å²) >= 11 is 0. The van der Waals surface area contributed by atoms with Gasteiger partial charge in [-0.05, 0) is 69.1 Å². The molecule has 87 heavy (non-hydrogen) atoms. The lowest BCUT2D eigenvalue weighted by atomic mass is 9.99. The highest BCUT2D eigenvalue weighted by Gasteiger charge is 2.30. The molecule has 0 bridgehead atoms. The van der Waals surface area contributed by atoms with Crippen LogP contribution in [0.5, 0.6) is 0 Å². The average molecular weight is 1280 g/mol. The Morgan fingerprint density at radius 3 is 1.02 bits per heavy atom. The zero-order valence-corrected chi connectivity index (χ0v) is 57.7. The number of ether oxygens (including phenoxy) is 4. The Kier molecular flexibility index (Phi) is 57.0. The van der Waals surface area contributed by atoms with Crippen molar-refractivity contribution in [2.24, 2.45) is 17.8 Å². The second-order valence-corrected chi connectivity index (χ2v) is 28.0. The number of aliphatic hydroxyl groups is 1. The monoisotopic (exact) mass is 1280 g/mol. The fourth-order valence-electron chi connectivity index (χ4n) is 9.61. The molecule has 0 saturated carbocycles. The molecule has 0 heterocycles. The van der Waals surface area contributed by atoms with Crippen LogP contribution in [0, 0.1) is 17.8 Å². The summed E-state index contributed by atoms with van der Waals surface area (Å²) in [6.45, 7) is 11.6. The zero-order chi connectivity index (χ0) is 64.5. The Morgan fingerprint density at radius 2 is 0.678 bits per heavy atom. The van der Waals surface area contributed by atoms with E-state index in [2.05, 4.69) is 72.8 Å². The van der Waals surface area contributed by atoms with Crippen molar-refractivity contribution < 1.29 is 80.2 Å². The summed E-state index contributed by atoms with van der Waals surface area (Å²) in [5.41, 5.74) is 0. The van der Waals surface area contributed by atoms with Crippen LogP contribution >= 0.6 is 15.6 Å². The van der Waals surface area contributed by atoms with Gasteiger partial charge in [-0.1, -0.05) is 259 Å². The average Bonchev–Trinajstić information content (AvgIpc) is 3.69. The quantitative estimate of drug-likeness (QED) is 0.0169. The van der Waals surface area contributed by atoms with Gasteiger partial charge in [0.25, 0.3) is 0 Å². The zero-order valence-electron chi connectivity index (χ0n) is 56.0. The fraction of sp³-hybridized carbons (Fsp3) is 0.882. The molecule has 0 aromatic carbocycles. The molecule has 0 aliphatic rings. The molecule has 0 spiro atoms. The standard InChI is InChI=1S/C68H128O17P2/c1-8-10-11-12-13-14-15-16-17-18-19-20-27-35-42-49-65(70)78-55-63(84-68(73)52-45-38-29-24-22-26-34-41-48-61(7)9-2)57-82-86(74,75)80-53-62(69)54-81-87(76,77)83-58-64(56-79-66(71)50-43-36-31-30-33-40-47-60(5)6)85-67(72)51-44-37-28-23-21-25-32-39-46-59(3)4/h14-17,59-64,69H,8-13,18-58H2,1-7H3,(H,74,75)(H,76,77)/b15-14-,17-16-/t61?,62-,63-,64-/m1/s1. The van der Waals surface area contributed by atoms with Crippen molar-refractivity contribution in [3.63, 3.8) is 0 Å². The third-order valence-corrected chi connectivity index (χ3v) is 17.3. The second-order valence-electron chi connectivity index (χ2n) is 25.1. The molecule has 3 unspecified atom stereocenters. The number of carbonyl (C=O) groups excluding carboxylic acids is 4. The van der Waals surface area contributed by atoms with Crippen molar-refractivity contribution in [1.29, 1.82) is 0 Å². The largest absolute Gasteiger partial charge is 0.472 e. The number of phosphoric ester groups is 2. The number of esters is 4. The van der Waals surface area contributed by atoms with Gasteiger partial charge in [-0.2, -0.15) is 0 Å². The summed E-state index contributed by atoms with van der Waals surface area (Å²) in [6, 6.07) is 0. The van der Waals surface area contributed by atoms with Crippen LogP contribution in [0.25, 0.3) is 0 Å². The fourth-order valence-corrected chi connectivity index (χ4v) is 11.2. The van der Waals surface area contributed by atoms with E-state index < -0.39 is 97.5 Å². The van der Waals surface area contributed by atoms with E-state index in [1.807, 2.05) is 0 Å². The smallest absolute Gasteiger partial charge is 0.462 e. The van der Waals surface area contributed by atoms with Crippen LogP contribution in [-0.2, 0) is 65.4 Å². The first kappa shape index (κ1) is 84.5. The maximum Gasteiger partial charge on any atom is 0.472 e. The van der Waals surface area contributed by atoms with Crippen molar-refractivity contribution >= 4 is 39.5 Å². The number of aliphatic hydroxyl groups excluding tert-OH is 1. The first-order valence-corrected chi connectivity index (χ1v) is 37.7. The second kappa shape index (κ2) is 58.6. The van der Waals surface area contributed by atoms with E-state index in [9.17, 15) is 43.2 Å². The number of unbranched alkanes of at least 4 members (excludes halogenated alkanes) is 28. The molecule has 0 radical (unpaired) electrons. The SMILES string of the molecule is CCCCCC/C=C\C=C/CCCCCCCC(=O)OC[C@H](COP(=O)(O)OC[C@@H](O)COP(=O)(O)OC[C@@H](COC(=O)CCCCCCCCC(C)C)OC(=O)CCCCCCCCCCC(C)C)OC(=O)CCCCCCCCCCC(C)CC. The van der Waals surface area contributed by atoms with Crippen LogP contribution in [0.15, 0.2) is 24.3 Å². The number of allylic oxidation sites excluding steroid dienone is 4. The van der Waals surface area contributed by atoms with Crippen molar-refractivity contribution in [1.82, 2.24) is 0 Å². The minimum Gasteiger partial charge on any atom is -0.462 e. The van der Waals surface area contributed by atoms with Gasteiger partial charge in [0, 0.05) is 25.7 Å². The minimum atomic E-state index is -4.96. The van der Waals surface area contributed by atoms with Crippen molar-refractivity contribution in [2.75, 3.05) is 39.6 Å². The molecule has 19 heteroatoms. The van der Waals surface area contributed by atoms with Crippen LogP contribution in [-0.4, -0.2) is 96.7 Å². The van der Waals surface area contributed by atoms with E-state index in [0.29, 0.717) is 37.5 Å². The summed E-state index contributed by atoms with van der Waals surface area (Å²) in [6.07, 6.45) is 44.1. The maximum absolute atomic E-state index is 13.0. The van der Waals surface area contributed by atoms with Gasteiger partial charge in [-0.15, -0.1) is 0 Å². The van der Waals surface area contributed by atoms with Gasteiger partial charge in [0.15, 0.2) is 12.2 Å². The number of hydrogen-bond donors (Lipinski definition) is 3. The van der Waals surface area contributed by atoms with E-state index in [-0.39, 0.29) is 25.7 Å². The van der Waals surface area contributed by atoms with E-state index in [0.717, 1.165) is 121 Å². The molecule has 0 rings (SSSR count). The van der Waals surface area contributed by atoms with Crippen LogP contribution in [0.2, 0.25) is 0 Å². The Morgan fingerprint density at radius 1 is 0.379 bits per heavy atom.